The highest BCUT2D eigenvalue weighted by atomic mass is 35.5. The van der Waals surface area contributed by atoms with Crippen molar-refractivity contribution in [2.75, 3.05) is 7.05 Å². The van der Waals surface area contributed by atoms with Crippen LogP contribution in [-0.2, 0) is 7.05 Å². The molecule has 100 valence electrons. The lowest BCUT2D eigenvalue weighted by molar-refractivity contribution is 0.815. The molecule has 0 amide bonds. The van der Waals surface area contributed by atoms with Gasteiger partial charge < -0.3 is 21.2 Å². The summed E-state index contributed by atoms with van der Waals surface area (Å²) in [5.74, 6) is 9.98. The standard InChI is InChI=1S/C6H11N3S.C2H7N3S.ClH/c1-4-5(2)10-6(8-7)9(4)3;1-4-2(6)5-3;/h7H2,1-3H3;3H2,1H3,(H2,4,5,6);1H. The zero-order valence-corrected chi connectivity index (χ0v) is 12.7. The molecule has 0 spiro atoms. The van der Waals surface area contributed by atoms with E-state index in [-0.39, 0.29) is 12.4 Å². The highest BCUT2D eigenvalue weighted by Crippen LogP contribution is 2.06. The van der Waals surface area contributed by atoms with E-state index in [0.717, 1.165) is 4.80 Å². The molecule has 6 nitrogen and oxygen atoms in total. The fourth-order valence-corrected chi connectivity index (χ4v) is 1.73. The largest absolute Gasteiger partial charge is 0.365 e. The van der Waals surface area contributed by atoms with E-state index in [9.17, 15) is 0 Å². The van der Waals surface area contributed by atoms with Crippen molar-refractivity contribution in [2.24, 2.45) is 23.8 Å². The monoisotopic (exact) mass is 298 g/mol. The van der Waals surface area contributed by atoms with Gasteiger partial charge in [0.1, 0.15) is 0 Å². The molecule has 0 aliphatic carbocycles. The number of aromatic nitrogens is 1. The van der Waals surface area contributed by atoms with E-state index in [1.54, 1.807) is 18.4 Å². The molecule has 0 radical (unpaired) electrons. The molecule has 1 aromatic rings. The van der Waals surface area contributed by atoms with Gasteiger partial charge in [-0.1, -0.05) is 0 Å². The Kier molecular flexibility index (Phi) is 10.1. The second-order valence-electron chi connectivity index (χ2n) is 2.94. The number of halogens is 1. The van der Waals surface area contributed by atoms with Crippen LogP contribution in [0.1, 0.15) is 10.6 Å². The Morgan fingerprint density at radius 1 is 1.47 bits per heavy atom. The van der Waals surface area contributed by atoms with Gasteiger partial charge in [-0.15, -0.1) is 23.7 Å². The van der Waals surface area contributed by atoms with Crippen molar-refractivity contribution in [3.63, 3.8) is 0 Å². The molecule has 1 rings (SSSR count). The number of nitrogens with one attached hydrogen (secondary N) is 2. The van der Waals surface area contributed by atoms with Crippen LogP contribution in [0.3, 0.4) is 0 Å². The molecule has 0 fully saturated rings. The van der Waals surface area contributed by atoms with Gasteiger partial charge in [0, 0.05) is 24.7 Å². The normalized spacial score (nSPS) is 9.82. The van der Waals surface area contributed by atoms with Gasteiger partial charge in [0.05, 0.1) is 0 Å². The molecule has 0 saturated carbocycles. The van der Waals surface area contributed by atoms with Crippen molar-refractivity contribution < 1.29 is 0 Å². The first-order valence-corrected chi connectivity index (χ1v) is 5.75. The SMILES string of the molecule is CNC(=S)NN.Cc1sc(=NN)n(C)c1C.Cl. The van der Waals surface area contributed by atoms with Crippen LogP contribution in [0.2, 0.25) is 0 Å². The van der Waals surface area contributed by atoms with Gasteiger partial charge >= 0.3 is 0 Å². The van der Waals surface area contributed by atoms with E-state index in [0.29, 0.717) is 5.11 Å². The average molecular weight is 299 g/mol. The second-order valence-corrected chi connectivity index (χ2v) is 4.53. The number of aryl methyl sites for hydroxylation is 1. The first kappa shape index (κ1) is 18.5. The lowest BCUT2D eigenvalue weighted by Crippen LogP contribution is -2.37. The van der Waals surface area contributed by atoms with Gasteiger partial charge in [-0.2, -0.15) is 5.10 Å². The molecule has 0 atom stereocenters. The maximum absolute atomic E-state index is 5.15. The van der Waals surface area contributed by atoms with Crippen LogP contribution in [0.5, 0.6) is 0 Å². The molecular formula is C8H19ClN6S2. The summed E-state index contributed by atoms with van der Waals surface area (Å²) in [5, 5.41) is 6.70. The van der Waals surface area contributed by atoms with Gasteiger partial charge in [-0.3, -0.25) is 0 Å². The van der Waals surface area contributed by atoms with E-state index in [1.807, 2.05) is 11.6 Å². The van der Waals surface area contributed by atoms with Gasteiger partial charge in [0.2, 0.25) is 4.80 Å². The predicted molar refractivity (Wildman–Crippen MR) is 78.7 cm³/mol. The maximum atomic E-state index is 5.15. The Balaban J connectivity index is 0. The first-order valence-electron chi connectivity index (χ1n) is 4.53. The fraction of sp³-hybridized carbons (Fsp3) is 0.500. The lowest BCUT2D eigenvalue weighted by atomic mass is 10.4. The quantitative estimate of drug-likeness (QED) is 0.304. The number of hydrogen-bond acceptors (Lipinski definition) is 5. The molecule has 6 N–H and O–H groups in total. The summed E-state index contributed by atoms with van der Waals surface area (Å²) < 4.78 is 1.99. The average Bonchev–Trinajstić information content (AvgIpc) is 2.56. The number of thiazole rings is 1. The molecule has 0 aliphatic heterocycles. The van der Waals surface area contributed by atoms with E-state index < -0.39 is 0 Å². The second kappa shape index (κ2) is 9.23. The summed E-state index contributed by atoms with van der Waals surface area (Å²) in [5.41, 5.74) is 3.47. The highest BCUT2D eigenvalue weighted by molar-refractivity contribution is 7.80. The summed E-state index contributed by atoms with van der Waals surface area (Å²) >= 11 is 6.12. The topological polar surface area (TPSA) is 93.4 Å². The molecular weight excluding hydrogens is 280 g/mol. The summed E-state index contributed by atoms with van der Waals surface area (Å²) in [4.78, 5) is 2.14. The molecule has 0 bridgehead atoms. The van der Waals surface area contributed by atoms with Crippen LogP contribution in [0.25, 0.3) is 0 Å². The molecule has 17 heavy (non-hydrogen) atoms. The minimum atomic E-state index is 0. The van der Waals surface area contributed by atoms with Crippen molar-refractivity contribution in [3.05, 3.63) is 15.4 Å². The minimum Gasteiger partial charge on any atom is -0.365 e. The summed E-state index contributed by atoms with van der Waals surface area (Å²) in [7, 11) is 3.66. The van der Waals surface area contributed by atoms with Gasteiger partial charge in [-0.25, -0.2) is 5.84 Å². The van der Waals surface area contributed by atoms with Crippen LogP contribution >= 0.6 is 36.0 Å². The van der Waals surface area contributed by atoms with E-state index >= 15 is 0 Å². The third-order valence-electron chi connectivity index (χ3n) is 2.01. The number of hydrazine groups is 1. The van der Waals surface area contributed by atoms with Crippen LogP contribution in [0.4, 0.5) is 0 Å². The fourth-order valence-electron chi connectivity index (χ4n) is 0.844. The zero-order valence-electron chi connectivity index (χ0n) is 10.3. The smallest absolute Gasteiger partial charge is 0.207 e. The number of rotatable bonds is 0. The van der Waals surface area contributed by atoms with Crippen molar-refractivity contribution >= 4 is 41.1 Å². The van der Waals surface area contributed by atoms with Crippen molar-refractivity contribution in [1.82, 2.24) is 15.3 Å². The van der Waals surface area contributed by atoms with Gasteiger partial charge in [-0.05, 0) is 26.1 Å². The van der Waals surface area contributed by atoms with E-state index in [1.165, 1.54) is 10.6 Å². The number of thiocarbonyl (C=S) groups is 1. The third-order valence-corrected chi connectivity index (χ3v) is 3.50. The van der Waals surface area contributed by atoms with E-state index in [4.69, 9.17) is 11.7 Å². The number of nitrogens with two attached hydrogens (primary N) is 2. The molecule has 0 aromatic carbocycles. The molecule has 0 aliphatic rings. The Morgan fingerprint density at radius 3 is 2.12 bits per heavy atom. The Hall–Kier alpha value is -0.830. The number of nitrogens with zero attached hydrogens (tertiary/aromatic N) is 2. The molecule has 1 heterocycles. The maximum Gasteiger partial charge on any atom is 0.207 e. The van der Waals surface area contributed by atoms with Crippen LogP contribution in [0.15, 0.2) is 5.10 Å². The predicted octanol–water partition coefficient (Wildman–Crippen LogP) is -0.146. The Labute approximate surface area is 116 Å². The van der Waals surface area contributed by atoms with Gasteiger partial charge in [0.25, 0.3) is 0 Å². The summed E-state index contributed by atoms with van der Waals surface area (Å²) in [6.07, 6.45) is 0. The minimum absolute atomic E-state index is 0. The summed E-state index contributed by atoms with van der Waals surface area (Å²) in [6, 6.07) is 0. The third kappa shape index (κ3) is 5.87. The highest BCUT2D eigenvalue weighted by Gasteiger charge is 1.99. The lowest BCUT2D eigenvalue weighted by Gasteiger charge is -1.95. The van der Waals surface area contributed by atoms with E-state index in [2.05, 4.69) is 41.9 Å². The molecule has 0 unspecified atom stereocenters. The van der Waals surface area contributed by atoms with Crippen molar-refractivity contribution in [2.45, 2.75) is 13.8 Å². The zero-order chi connectivity index (χ0) is 12.7. The molecule has 9 heteroatoms. The van der Waals surface area contributed by atoms with Crippen LogP contribution in [0, 0.1) is 13.8 Å². The van der Waals surface area contributed by atoms with Crippen molar-refractivity contribution in [1.29, 1.82) is 0 Å². The molecule has 0 saturated heterocycles. The van der Waals surface area contributed by atoms with Crippen LogP contribution < -0.4 is 27.2 Å². The first-order chi connectivity index (χ1) is 7.47. The molecule has 1 aromatic heterocycles. The number of hydrogen-bond donors (Lipinski definition) is 4. The Morgan fingerprint density at radius 2 is 2.00 bits per heavy atom. The Bertz CT molecular complexity index is 405. The van der Waals surface area contributed by atoms with Gasteiger partial charge in [0.15, 0.2) is 5.11 Å². The van der Waals surface area contributed by atoms with Crippen LogP contribution in [-0.4, -0.2) is 16.7 Å². The summed E-state index contributed by atoms with van der Waals surface area (Å²) in [6.45, 7) is 4.12. The van der Waals surface area contributed by atoms with Crippen molar-refractivity contribution in [3.8, 4) is 0 Å².